The summed E-state index contributed by atoms with van der Waals surface area (Å²) in [6.45, 7) is 1.69. The van der Waals surface area contributed by atoms with Gasteiger partial charge in [0.1, 0.15) is 11.5 Å². The summed E-state index contributed by atoms with van der Waals surface area (Å²) < 4.78 is 11.0. The standard InChI is InChI=1S/C18H23N5O3/c24-17(19-11-7-8-11)16-20-18(26-22-16)14-5-3-9-23(14)10-13-12-4-1-2-6-15(12)25-21-13/h11,14H,1-10H2,(H,19,24). The Morgan fingerprint density at radius 3 is 2.88 bits per heavy atom. The lowest BCUT2D eigenvalue weighted by molar-refractivity contribution is 0.0937. The van der Waals surface area contributed by atoms with Gasteiger partial charge in [-0.2, -0.15) is 4.98 Å². The minimum absolute atomic E-state index is 0.0425. The van der Waals surface area contributed by atoms with Crippen molar-refractivity contribution < 1.29 is 13.8 Å². The number of nitrogens with zero attached hydrogens (tertiary/aromatic N) is 4. The molecule has 1 atom stereocenters. The van der Waals surface area contributed by atoms with Gasteiger partial charge in [-0.05, 0) is 51.5 Å². The van der Waals surface area contributed by atoms with Crippen molar-refractivity contribution in [3.05, 3.63) is 28.7 Å². The van der Waals surface area contributed by atoms with Crippen molar-refractivity contribution >= 4 is 5.91 Å². The zero-order valence-electron chi connectivity index (χ0n) is 14.7. The highest BCUT2D eigenvalue weighted by molar-refractivity contribution is 5.90. The van der Waals surface area contributed by atoms with E-state index >= 15 is 0 Å². The Kier molecular flexibility index (Phi) is 4.00. The summed E-state index contributed by atoms with van der Waals surface area (Å²) >= 11 is 0. The van der Waals surface area contributed by atoms with E-state index in [9.17, 15) is 4.79 Å². The fraction of sp³-hybridized carbons (Fsp3) is 0.667. The molecule has 1 N–H and O–H groups in total. The first-order chi connectivity index (χ1) is 12.8. The van der Waals surface area contributed by atoms with Crippen molar-refractivity contribution in [2.24, 2.45) is 0 Å². The summed E-state index contributed by atoms with van der Waals surface area (Å²) in [4.78, 5) is 18.8. The summed E-state index contributed by atoms with van der Waals surface area (Å²) in [5.74, 6) is 1.48. The summed E-state index contributed by atoms with van der Waals surface area (Å²) in [6.07, 6.45) is 8.52. The van der Waals surface area contributed by atoms with E-state index in [-0.39, 0.29) is 23.8 Å². The molecule has 1 saturated carbocycles. The van der Waals surface area contributed by atoms with E-state index in [2.05, 4.69) is 25.5 Å². The van der Waals surface area contributed by atoms with Crippen LogP contribution in [-0.4, -0.2) is 38.7 Å². The number of amides is 1. The zero-order chi connectivity index (χ0) is 17.5. The summed E-state index contributed by atoms with van der Waals surface area (Å²) in [5.41, 5.74) is 2.33. The Balaban J connectivity index is 1.30. The maximum atomic E-state index is 12.1. The van der Waals surface area contributed by atoms with Crippen LogP contribution in [0.2, 0.25) is 0 Å². The highest BCUT2D eigenvalue weighted by Gasteiger charge is 2.34. The van der Waals surface area contributed by atoms with E-state index in [0.717, 1.165) is 63.1 Å². The van der Waals surface area contributed by atoms with Crippen LogP contribution in [0, 0.1) is 0 Å². The van der Waals surface area contributed by atoms with Gasteiger partial charge in [-0.1, -0.05) is 10.3 Å². The molecule has 0 radical (unpaired) electrons. The lowest BCUT2D eigenvalue weighted by Gasteiger charge is -2.21. The Morgan fingerprint density at radius 1 is 1.12 bits per heavy atom. The lowest BCUT2D eigenvalue weighted by atomic mass is 9.96. The molecular formula is C18H23N5O3. The number of rotatable bonds is 5. The third kappa shape index (κ3) is 3.02. The second kappa shape index (κ2) is 6.50. The molecule has 1 aliphatic heterocycles. The third-order valence-electron chi connectivity index (χ3n) is 5.59. The molecule has 3 aliphatic rings. The van der Waals surface area contributed by atoms with Gasteiger partial charge in [0.05, 0.1) is 6.04 Å². The zero-order valence-corrected chi connectivity index (χ0v) is 14.7. The van der Waals surface area contributed by atoms with E-state index in [1.165, 1.54) is 18.4 Å². The van der Waals surface area contributed by atoms with Gasteiger partial charge in [-0.15, -0.1) is 0 Å². The number of likely N-dealkylation sites (tertiary alicyclic amines) is 1. The highest BCUT2D eigenvalue weighted by Crippen LogP contribution is 2.34. The maximum absolute atomic E-state index is 12.1. The Morgan fingerprint density at radius 2 is 2.00 bits per heavy atom. The van der Waals surface area contributed by atoms with Crippen LogP contribution in [0.15, 0.2) is 9.05 Å². The van der Waals surface area contributed by atoms with Crippen LogP contribution >= 0.6 is 0 Å². The molecule has 3 heterocycles. The molecule has 2 aromatic rings. The number of fused-ring (bicyclic) bond motifs is 1. The van der Waals surface area contributed by atoms with Crippen LogP contribution in [0.4, 0.5) is 0 Å². The second-order valence-electron chi connectivity index (χ2n) is 7.57. The predicted molar refractivity (Wildman–Crippen MR) is 90.3 cm³/mol. The van der Waals surface area contributed by atoms with Crippen LogP contribution < -0.4 is 5.32 Å². The van der Waals surface area contributed by atoms with Crippen LogP contribution in [0.1, 0.15) is 78.1 Å². The van der Waals surface area contributed by atoms with Crippen LogP contribution in [-0.2, 0) is 19.4 Å². The van der Waals surface area contributed by atoms with Crippen molar-refractivity contribution in [2.45, 2.75) is 70.0 Å². The molecule has 5 rings (SSSR count). The van der Waals surface area contributed by atoms with Gasteiger partial charge < -0.3 is 14.4 Å². The number of hydrogen-bond acceptors (Lipinski definition) is 7. The molecule has 2 fully saturated rings. The summed E-state index contributed by atoms with van der Waals surface area (Å²) in [5, 5.41) is 11.1. The van der Waals surface area contributed by atoms with E-state index in [4.69, 9.17) is 9.05 Å². The molecule has 2 aromatic heterocycles. The van der Waals surface area contributed by atoms with Gasteiger partial charge in [0.15, 0.2) is 0 Å². The smallest absolute Gasteiger partial charge is 0.292 e. The average molecular weight is 357 g/mol. The van der Waals surface area contributed by atoms with Crippen molar-refractivity contribution in [1.82, 2.24) is 25.5 Å². The number of carbonyl (C=O) groups is 1. The van der Waals surface area contributed by atoms with Crippen LogP contribution in [0.3, 0.4) is 0 Å². The summed E-state index contributed by atoms with van der Waals surface area (Å²) in [7, 11) is 0. The molecule has 2 aliphatic carbocycles. The third-order valence-corrected chi connectivity index (χ3v) is 5.59. The molecule has 1 amide bonds. The number of nitrogens with one attached hydrogen (secondary N) is 1. The van der Waals surface area contributed by atoms with Gasteiger partial charge in [0, 0.05) is 24.6 Å². The lowest BCUT2D eigenvalue weighted by Crippen LogP contribution is -2.27. The molecule has 0 spiro atoms. The fourth-order valence-corrected chi connectivity index (χ4v) is 4.00. The first-order valence-electron chi connectivity index (χ1n) is 9.63. The molecule has 0 bridgehead atoms. The minimum Gasteiger partial charge on any atom is -0.361 e. The van der Waals surface area contributed by atoms with Crippen LogP contribution in [0.25, 0.3) is 0 Å². The summed E-state index contributed by atoms with van der Waals surface area (Å²) in [6, 6.07) is 0.326. The normalized spacial score (nSPS) is 23.2. The predicted octanol–water partition coefficient (Wildman–Crippen LogP) is 2.17. The average Bonchev–Trinajstić information content (AvgIpc) is 3.07. The number of aryl methyl sites for hydroxylation is 1. The largest absolute Gasteiger partial charge is 0.361 e. The number of aromatic nitrogens is 3. The van der Waals surface area contributed by atoms with E-state index in [0.29, 0.717) is 5.89 Å². The Hall–Kier alpha value is -2.22. The van der Waals surface area contributed by atoms with Gasteiger partial charge in [0.25, 0.3) is 11.7 Å². The fourth-order valence-electron chi connectivity index (χ4n) is 4.00. The molecule has 1 saturated heterocycles. The molecular weight excluding hydrogens is 334 g/mol. The number of hydrogen-bond donors (Lipinski definition) is 1. The second-order valence-corrected chi connectivity index (χ2v) is 7.57. The van der Waals surface area contributed by atoms with Gasteiger partial charge in [-0.25, -0.2) is 0 Å². The quantitative estimate of drug-likeness (QED) is 0.876. The van der Waals surface area contributed by atoms with Crippen molar-refractivity contribution in [2.75, 3.05) is 6.54 Å². The minimum atomic E-state index is -0.238. The van der Waals surface area contributed by atoms with E-state index < -0.39 is 0 Å². The molecule has 8 nitrogen and oxygen atoms in total. The topological polar surface area (TPSA) is 97.3 Å². The molecule has 26 heavy (non-hydrogen) atoms. The SMILES string of the molecule is O=C(NC1CC1)c1noc(C2CCCN2Cc2noc3c2CCCC3)n1. The highest BCUT2D eigenvalue weighted by atomic mass is 16.5. The molecule has 0 aromatic carbocycles. The van der Waals surface area contributed by atoms with E-state index in [1.807, 2.05) is 0 Å². The first kappa shape index (κ1) is 16.0. The molecule has 8 heteroatoms. The van der Waals surface area contributed by atoms with Gasteiger partial charge >= 0.3 is 0 Å². The van der Waals surface area contributed by atoms with Crippen LogP contribution in [0.5, 0.6) is 0 Å². The van der Waals surface area contributed by atoms with Gasteiger partial charge in [0.2, 0.25) is 5.89 Å². The van der Waals surface area contributed by atoms with E-state index in [1.54, 1.807) is 0 Å². The number of carbonyl (C=O) groups excluding carboxylic acids is 1. The molecule has 1 unspecified atom stereocenters. The van der Waals surface area contributed by atoms with Crippen molar-refractivity contribution in [1.29, 1.82) is 0 Å². The maximum Gasteiger partial charge on any atom is 0.292 e. The van der Waals surface area contributed by atoms with Crippen molar-refractivity contribution in [3.8, 4) is 0 Å². The monoisotopic (exact) mass is 357 g/mol. The Labute approximate surface area is 151 Å². The van der Waals surface area contributed by atoms with Gasteiger partial charge in [-0.3, -0.25) is 9.69 Å². The molecule has 138 valence electrons. The van der Waals surface area contributed by atoms with Crippen molar-refractivity contribution in [3.63, 3.8) is 0 Å². The Bertz CT molecular complexity index is 810. The first-order valence-corrected chi connectivity index (χ1v) is 9.63.